The molecule has 0 saturated carbocycles. The minimum absolute atomic E-state index is 0.0317. The van der Waals surface area contributed by atoms with Gasteiger partial charge in [0.05, 0.1) is 47.3 Å². The summed E-state index contributed by atoms with van der Waals surface area (Å²) in [6.07, 6.45) is 8.43. The minimum atomic E-state index is -3.49. The highest BCUT2D eigenvalue weighted by Crippen LogP contribution is 2.43. The Hall–Kier alpha value is -1.55. The number of aryl methyl sites for hydroxylation is 1. The molecule has 266 valence electrons. The van der Waals surface area contributed by atoms with Gasteiger partial charge in [-0.2, -0.15) is 0 Å². The molecule has 0 aliphatic carbocycles. The number of ether oxygens (including phenoxy) is 5. The molecule has 3 heterocycles. The zero-order valence-electron chi connectivity index (χ0n) is 30.1. The first-order valence-corrected chi connectivity index (χ1v) is 19.7. The second-order valence-corrected chi connectivity index (χ2v) is 16.7. The van der Waals surface area contributed by atoms with E-state index in [1.807, 2.05) is 12.1 Å². The highest BCUT2D eigenvalue weighted by molar-refractivity contribution is 7.91. The zero-order valence-corrected chi connectivity index (χ0v) is 30.9. The van der Waals surface area contributed by atoms with Crippen molar-refractivity contribution >= 4 is 9.84 Å². The van der Waals surface area contributed by atoms with Crippen LogP contribution in [0.2, 0.25) is 0 Å². The largest absolute Gasteiger partial charge is 0.374 e. The normalized spacial score (nSPS) is 32.4. The fourth-order valence-electron chi connectivity index (χ4n) is 7.74. The summed E-state index contributed by atoms with van der Waals surface area (Å²) in [5.41, 5.74) is 3.38. The SMILES string of the molecule is C=C1C[C@H](CCC(OC)OC)O[C@H]1CC[C@H]1C[C@@H](C)C(=C)[C@@H](C[C@@H]2O[C@H](C[C@H](C)CC)[C@H](C)[C@H]2CS(=O)(=O)c2ccc(CC)cc2)O1. The van der Waals surface area contributed by atoms with E-state index in [9.17, 15) is 8.42 Å². The second kappa shape index (κ2) is 17.4. The molecule has 0 unspecified atom stereocenters. The molecule has 4 rings (SSSR count). The smallest absolute Gasteiger partial charge is 0.178 e. The van der Waals surface area contributed by atoms with Gasteiger partial charge in [0.15, 0.2) is 16.1 Å². The Morgan fingerprint density at radius 2 is 1.60 bits per heavy atom. The van der Waals surface area contributed by atoms with E-state index < -0.39 is 9.84 Å². The first-order valence-electron chi connectivity index (χ1n) is 18.1. The van der Waals surface area contributed by atoms with Gasteiger partial charge < -0.3 is 23.7 Å². The molecule has 3 aliphatic rings. The van der Waals surface area contributed by atoms with Gasteiger partial charge in [0.25, 0.3) is 0 Å². The maximum atomic E-state index is 13.8. The molecular formula is C39H62O7S. The van der Waals surface area contributed by atoms with E-state index >= 15 is 0 Å². The number of hydrogen-bond donors (Lipinski definition) is 0. The van der Waals surface area contributed by atoms with Crippen molar-refractivity contribution < 1.29 is 32.1 Å². The Morgan fingerprint density at radius 1 is 0.915 bits per heavy atom. The molecule has 8 heteroatoms. The van der Waals surface area contributed by atoms with E-state index in [0.29, 0.717) is 23.2 Å². The molecule has 7 nitrogen and oxygen atoms in total. The topological polar surface area (TPSA) is 80.3 Å². The third kappa shape index (κ3) is 10.0. The molecule has 3 saturated heterocycles. The van der Waals surface area contributed by atoms with E-state index in [1.165, 1.54) is 0 Å². The lowest BCUT2D eigenvalue weighted by molar-refractivity contribution is -0.112. The van der Waals surface area contributed by atoms with Crippen LogP contribution in [0.3, 0.4) is 0 Å². The molecule has 1 aromatic carbocycles. The predicted octanol–water partition coefficient (Wildman–Crippen LogP) is 8.11. The van der Waals surface area contributed by atoms with Crippen LogP contribution in [0.4, 0.5) is 0 Å². The van der Waals surface area contributed by atoms with Crippen molar-refractivity contribution in [3.8, 4) is 0 Å². The first-order chi connectivity index (χ1) is 22.4. The van der Waals surface area contributed by atoms with Crippen LogP contribution in [0.5, 0.6) is 0 Å². The molecule has 3 fully saturated rings. The molecule has 0 spiro atoms. The van der Waals surface area contributed by atoms with Crippen LogP contribution in [0.1, 0.15) is 98.0 Å². The molecule has 0 N–H and O–H groups in total. The van der Waals surface area contributed by atoms with Gasteiger partial charge >= 0.3 is 0 Å². The van der Waals surface area contributed by atoms with Crippen molar-refractivity contribution in [2.45, 2.75) is 147 Å². The fraction of sp³-hybridized carbons (Fsp3) is 0.744. The number of sulfone groups is 1. The Labute approximate surface area is 285 Å². The molecule has 3 aliphatic heterocycles. The molecule has 0 bridgehead atoms. The van der Waals surface area contributed by atoms with E-state index in [2.05, 4.69) is 47.8 Å². The summed E-state index contributed by atoms with van der Waals surface area (Å²) in [7, 11) is -0.159. The lowest BCUT2D eigenvalue weighted by Gasteiger charge is -2.38. The van der Waals surface area contributed by atoms with E-state index in [1.54, 1.807) is 26.4 Å². The lowest BCUT2D eigenvalue weighted by Crippen LogP contribution is -2.38. The molecule has 0 radical (unpaired) electrons. The van der Waals surface area contributed by atoms with Crippen molar-refractivity contribution in [3.63, 3.8) is 0 Å². The van der Waals surface area contributed by atoms with Gasteiger partial charge in [-0.1, -0.05) is 66.3 Å². The minimum Gasteiger partial charge on any atom is -0.374 e. The number of hydrogen-bond acceptors (Lipinski definition) is 7. The van der Waals surface area contributed by atoms with Crippen LogP contribution in [0, 0.1) is 23.7 Å². The Bertz CT molecular complexity index is 1260. The van der Waals surface area contributed by atoms with E-state index in [0.717, 1.165) is 74.5 Å². The number of rotatable bonds is 17. The van der Waals surface area contributed by atoms with Gasteiger partial charge in [0.1, 0.15) is 0 Å². The van der Waals surface area contributed by atoms with Gasteiger partial charge in [-0.15, -0.1) is 0 Å². The molecular weight excluding hydrogens is 612 g/mol. The highest BCUT2D eigenvalue weighted by Gasteiger charge is 2.46. The second-order valence-electron chi connectivity index (χ2n) is 14.6. The van der Waals surface area contributed by atoms with Crippen LogP contribution in [0.25, 0.3) is 0 Å². The summed E-state index contributed by atoms with van der Waals surface area (Å²) in [4.78, 5) is 0.396. The zero-order chi connectivity index (χ0) is 34.3. The average molecular weight is 675 g/mol. The predicted molar refractivity (Wildman–Crippen MR) is 188 cm³/mol. The quantitative estimate of drug-likeness (QED) is 0.122. The van der Waals surface area contributed by atoms with Crippen LogP contribution >= 0.6 is 0 Å². The molecule has 0 aromatic heterocycles. The van der Waals surface area contributed by atoms with E-state index in [4.69, 9.17) is 23.7 Å². The average Bonchev–Trinajstić information content (AvgIpc) is 3.55. The number of benzene rings is 1. The van der Waals surface area contributed by atoms with Crippen LogP contribution < -0.4 is 0 Å². The Kier molecular flexibility index (Phi) is 14.2. The first kappa shape index (κ1) is 38.3. The van der Waals surface area contributed by atoms with Gasteiger partial charge in [-0.05, 0) is 91.5 Å². The van der Waals surface area contributed by atoms with Crippen molar-refractivity contribution in [3.05, 3.63) is 54.1 Å². The van der Waals surface area contributed by atoms with Crippen molar-refractivity contribution in [1.29, 1.82) is 0 Å². The van der Waals surface area contributed by atoms with Gasteiger partial charge in [0, 0.05) is 33.0 Å². The van der Waals surface area contributed by atoms with Gasteiger partial charge in [0.2, 0.25) is 0 Å². The van der Waals surface area contributed by atoms with Gasteiger partial charge in [-0.25, -0.2) is 8.42 Å². The summed E-state index contributed by atoms with van der Waals surface area (Å²) >= 11 is 0. The highest BCUT2D eigenvalue weighted by atomic mass is 32.2. The maximum absolute atomic E-state index is 13.8. The Morgan fingerprint density at radius 3 is 2.23 bits per heavy atom. The Balaban J connectivity index is 1.41. The standard InChI is InChI=1S/C39H62O7S/c1-10-25(3)20-36-29(7)34(24-47(40,41)33-16-12-30(11-2)13-17-33)38(46-36)23-37-28(6)26(4)21-31(45-37)14-18-35-27(5)22-32(44-35)15-19-39(42-8)43-9/h12-13,16-17,25-26,29,31-32,34-39H,5-6,10-11,14-15,18-24H2,1-4,7-9H3/t25-,26-,29-,31+,32+,34-,35+,36-,37-,38+/m1/s1. The molecule has 10 atom stereocenters. The summed E-state index contributed by atoms with van der Waals surface area (Å²) < 4.78 is 58.2. The van der Waals surface area contributed by atoms with Crippen molar-refractivity contribution in [2.24, 2.45) is 23.7 Å². The maximum Gasteiger partial charge on any atom is 0.178 e. The molecule has 47 heavy (non-hydrogen) atoms. The third-order valence-corrected chi connectivity index (χ3v) is 13.1. The van der Waals surface area contributed by atoms with Crippen LogP contribution in [-0.4, -0.2) is 71.3 Å². The lowest BCUT2D eigenvalue weighted by atomic mass is 9.81. The summed E-state index contributed by atoms with van der Waals surface area (Å²) in [5.74, 6) is 0.921. The summed E-state index contributed by atoms with van der Waals surface area (Å²) in [6, 6.07) is 7.38. The van der Waals surface area contributed by atoms with E-state index in [-0.39, 0.29) is 60.5 Å². The third-order valence-electron chi connectivity index (χ3n) is 11.3. The van der Waals surface area contributed by atoms with Crippen LogP contribution in [-0.2, 0) is 39.9 Å². The monoisotopic (exact) mass is 674 g/mol. The van der Waals surface area contributed by atoms with Crippen molar-refractivity contribution in [2.75, 3.05) is 20.0 Å². The van der Waals surface area contributed by atoms with Crippen LogP contribution in [0.15, 0.2) is 53.5 Å². The van der Waals surface area contributed by atoms with Crippen molar-refractivity contribution in [1.82, 2.24) is 0 Å². The molecule has 1 aromatic rings. The fourth-order valence-corrected chi connectivity index (χ4v) is 9.51. The number of methoxy groups -OCH3 is 2. The van der Waals surface area contributed by atoms with Gasteiger partial charge in [-0.3, -0.25) is 0 Å². The molecule has 0 amide bonds. The summed E-state index contributed by atoms with van der Waals surface area (Å²) in [5, 5.41) is 0. The summed E-state index contributed by atoms with van der Waals surface area (Å²) in [6.45, 7) is 19.7.